The Labute approximate surface area is 122 Å². The number of nitrogen functional groups attached to an aromatic ring is 1. The van der Waals surface area contributed by atoms with Gasteiger partial charge in [-0.05, 0) is 36.4 Å². The molecular formula is C14H10FN3O2S. The zero-order valence-electron chi connectivity index (χ0n) is 10.6. The van der Waals surface area contributed by atoms with Crippen molar-refractivity contribution < 1.29 is 14.3 Å². The molecule has 0 radical (unpaired) electrons. The van der Waals surface area contributed by atoms with Gasteiger partial charge in [0.15, 0.2) is 5.13 Å². The van der Waals surface area contributed by atoms with Gasteiger partial charge in [0.1, 0.15) is 11.6 Å². The van der Waals surface area contributed by atoms with E-state index in [0.29, 0.717) is 16.3 Å². The lowest BCUT2D eigenvalue weighted by atomic mass is 10.2. The largest absolute Gasteiger partial charge is 0.507 e. The lowest BCUT2D eigenvalue weighted by Gasteiger charge is -2.03. The van der Waals surface area contributed by atoms with Gasteiger partial charge < -0.3 is 10.8 Å². The van der Waals surface area contributed by atoms with E-state index in [0.717, 1.165) is 22.9 Å². The quantitative estimate of drug-likeness (QED) is 0.635. The number of carbonyl (C=O) groups is 1. The molecule has 2 aromatic carbocycles. The molecule has 1 aromatic heterocycles. The van der Waals surface area contributed by atoms with Gasteiger partial charge in [0.25, 0.3) is 5.91 Å². The van der Waals surface area contributed by atoms with Gasteiger partial charge in [0.05, 0.1) is 15.8 Å². The second kappa shape index (κ2) is 5.02. The van der Waals surface area contributed by atoms with Crippen LogP contribution in [0, 0.1) is 5.82 Å². The van der Waals surface area contributed by atoms with Gasteiger partial charge in [-0.15, -0.1) is 0 Å². The normalized spacial score (nSPS) is 10.7. The average Bonchev–Trinajstić information content (AvgIpc) is 2.82. The molecule has 0 fully saturated rings. The maximum absolute atomic E-state index is 13.1. The number of rotatable bonds is 2. The third-order valence-electron chi connectivity index (χ3n) is 2.84. The number of halogens is 1. The number of benzene rings is 2. The van der Waals surface area contributed by atoms with E-state index in [2.05, 4.69) is 10.3 Å². The molecule has 0 saturated heterocycles. The van der Waals surface area contributed by atoms with E-state index in [4.69, 9.17) is 5.73 Å². The molecule has 3 aromatic rings. The fraction of sp³-hybridized carbons (Fsp3) is 0. The molecule has 0 unspecified atom stereocenters. The van der Waals surface area contributed by atoms with Crippen molar-refractivity contribution in [1.82, 2.24) is 4.98 Å². The number of nitrogens with one attached hydrogen (secondary N) is 1. The van der Waals surface area contributed by atoms with Crippen LogP contribution in [0.15, 0.2) is 36.4 Å². The molecule has 0 spiro atoms. The first-order valence-electron chi connectivity index (χ1n) is 5.99. The fourth-order valence-electron chi connectivity index (χ4n) is 1.85. The second-order valence-corrected chi connectivity index (χ2v) is 5.39. The van der Waals surface area contributed by atoms with Gasteiger partial charge in [-0.25, -0.2) is 9.37 Å². The number of aromatic nitrogens is 1. The van der Waals surface area contributed by atoms with Gasteiger partial charge in [0.2, 0.25) is 0 Å². The highest BCUT2D eigenvalue weighted by Gasteiger charge is 2.14. The monoisotopic (exact) mass is 303 g/mol. The number of nitrogens with zero attached hydrogens (tertiary/aromatic N) is 1. The molecule has 1 amide bonds. The summed E-state index contributed by atoms with van der Waals surface area (Å²) >= 11 is 1.25. The summed E-state index contributed by atoms with van der Waals surface area (Å²) in [5.74, 6) is -1.52. The highest BCUT2D eigenvalue weighted by molar-refractivity contribution is 7.22. The van der Waals surface area contributed by atoms with Crippen molar-refractivity contribution in [1.29, 1.82) is 0 Å². The summed E-state index contributed by atoms with van der Waals surface area (Å²) in [6, 6.07) is 8.39. The Morgan fingerprint density at radius 2 is 2.10 bits per heavy atom. The summed E-state index contributed by atoms with van der Waals surface area (Å²) in [6.07, 6.45) is 0. The molecule has 106 valence electrons. The molecule has 4 N–H and O–H groups in total. The van der Waals surface area contributed by atoms with Crippen molar-refractivity contribution in [3.63, 3.8) is 0 Å². The summed E-state index contributed by atoms with van der Waals surface area (Å²) in [6.45, 7) is 0. The van der Waals surface area contributed by atoms with Crippen LogP contribution < -0.4 is 11.1 Å². The first kappa shape index (κ1) is 13.3. The van der Waals surface area contributed by atoms with Gasteiger partial charge in [-0.2, -0.15) is 0 Å². The first-order chi connectivity index (χ1) is 10.0. The van der Waals surface area contributed by atoms with E-state index in [1.807, 2.05) is 0 Å². The van der Waals surface area contributed by atoms with E-state index < -0.39 is 11.7 Å². The number of hydrogen-bond acceptors (Lipinski definition) is 5. The molecule has 3 rings (SSSR count). The van der Waals surface area contributed by atoms with E-state index in [9.17, 15) is 14.3 Å². The SMILES string of the molecule is Nc1ccc2nc(NC(=O)c3cc(F)ccc3O)sc2c1. The minimum Gasteiger partial charge on any atom is -0.507 e. The van der Waals surface area contributed by atoms with E-state index >= 15 is 0 Å². The third-order valence-corrected chi connectivity index (χ3v) is 3.77. The van der Waals surface area contributed by atoms with Crippen LogP contribution in [0.2, 0.25) is 0 Å². The van der Waals surface area contributed by atoms with Crippen LogP contribution in [0.4, 0.5) is 15.2 Å². The van der Waals surface area contributed by atoms with Crippen LogP contribution in [0.25, 0.3) is 10.2 Å². The molecule has 0 bridgehead atoms. The summed E-state index contributed by atoms with van der Waals surface area (Å²) in [7, 11) is 0. The standard InChI is InChI=1S/C14H10FN3O2S/c15-7-1-4-11(19)9(5-7)13(20)18-14-17-10-3-2-8(16)6-12(10)21-14/h1-6,19H,16H2,(H,17,18,20). The number of aromatic hydroxyl groups is 1. The molecular weight excluding hydrogens is 293 g/mol. The van der Waals surface area contributed by atoms with E-state index in [1.165, 1.54) is 11.3 Å². The smallest absolute Gasteiger partial charge is 0.261 e. The minimum absolute atomic E-state index is 0.145. The number of phenolic OH excluding ortho intramolecular Hbond substituents is 1. The van der Waals surface area contributed by atoms with Crippen LogP contribution in [0.3, 0.4) is 0 Å². The number of nitrogens with two attached hydrogens (primary N) is 1. The summed E-state index contributed by atoms with van der Waals surface area (Å²) in [5.41, 5.74) is 6.84. The van der Waals surface area contributed by atoms with Crippen molar-refractivity contribution in [2.24, 2.45) is 0 Å². The van der Waals surface area contributed by atoms with E-state index in [1.54, 1.807) is 18.2 Å². The summed E-state index contributed by atoms with van der Waals surface area (Å²) in [5, 5.41) is 12.5. The Morgan fingerprint density at radius 3 is 2.90 bits per heavy atom. The number of anilines is 2. The van der Waals surface area contributed by atoms with Crippen LogP contribution in [-0.2, 0) is 0 Å². The topological polar surface area (TPSA) is 88.2 Å². The maximum atomic E-state index is 13.1. The summed E-state index contributed by atoms with van der Waals surface area (Å²) < 4.78 is 14.0. The highest BCUT2D eigenvalue weighted by atomic mass is 32.1. The predicted octanol–water partition coefficient (Wildman–Crippen LogP) is 2.98. The predicted molar refractivity (Wildman–Crippen MR) is 80.1 cm³/mol. The van der Waals surface area contributed by atoms with Crippen LogP contribution >= 0.6 is 11.3 Å². The van der Waals surface area contributed by atoms with Crippen LogP contribution in [-0.4, -0.2) is 16.0 Å². The van der Waals surface area contributed by atoms with Gasteiger partial charge in [0, 0.05) is 5.69 Å². The Morgan fingerprint density at radius 1 is 1.29 bits per heavy atom. The Kier molecular flexibility index (Phi) is 3.19. The zero-order valence-corrected chi connectivity index (χ0v) is 11.4. The number of fused-ring (bicyclic) bond motifs is 1. The molecule has 5 nitrogen and oxygen atoms in total. The van der Waals surface area contributed by atoms with Gasteiger partial charge >= 0.3 is 0 Å². The molecule has 0 aliphatic heterocycles. The number of phenols is 1. The molecule has 1 heterocycles. The Balaban J connectivity index is 1.90. The number of thiazole rings is 1. The maximum Gasteiger partial charge on any atom is 0.261 e. The van der Waals surface area contributed by atoms with Crippen LogP contribution in [0.5, 0.6) is 5.75 Å². The molecule has 0 atom stereocenters. The molecule has 0 aliphatic rings. The van der Waals surface area contributed by atoms with Gasteiger partial charge in [-0.1, -0.05) is 11.3 Å². The third kappa shape index (κ3) is 2.63. The molecule has 21 heavy (non-hydrogen) atoms. The minimum atomic E-state index is -0.626. The fourth-order valence-corrected chi connectivity index (χ4v) is 2.76. The van der Waals surface area contributed by atoms with E-state index in [-0.39, 0.29) is 11.3 Å². The Bertz CT molecular complexity index is 847. The average molecular weight is 303 g/mol. The van der Waals surface area contributed by atoms with Crippen molar-refractivity contribution >= 4 is 38.3 Å². The van der Waals surface area contributed by atoms with Crippen LogP contribution in [0.1, 0.15) is 10.4 Å². The summed E-state index contributed by atoms with van der Waals surface area (Å²) in [4.78, 5) is 16.3. The lowest BCUT2D eigenvalue weighted by molar-refractivity contribution is 0.102. The molecule has 7 heteroatoms. The number of hydrogen-bond donors (Lipinski definition) is 3. The van der Waals surface area contributed by atoms with Crippen molar-refractivity contribution in [2.75, 3.05) is 11.1 Å². The number of carbonyl (C=O) groups excluding carboxylic acids is 1. The molecule has 0 saturated carbocycles. The van der Waals surface area contributed by atoms with Crippen molar-refractivity contribution in [2.45, 2.75) is 0 Å². The number of amides is 1. The van der Waals surface area contributed by atoms with Crippen molar-refractivity contribution in [3.05, 3.63) is 47.8 Å². The second-order valence-electron chi connectivity index (χ2n) is 4.36. The van der Waals surface area contributed by atoms with Crippen molar-refractivity contribution in [3.8, 4) is 5.75 Å². The highest BCUT2D eigenvalue weighted by Crippen LogP contribution is 2.28. The first-order valence-corrected chi connectivity index (χ1v) is 6.80. The zero-order chi connectivity index (χ0) is 15.0. The molecule has 0 aliphatic carbocycles. The lowest BCUT2D eigenvalue weighted by Crippen LogP contribution is -2.12. The Hall–Kier alpha value is -2.67. The van der Waals surface area contributed by atoms with Gasteiger partial charge in [-0.3, -0.25) is 10.1 Å².